The zero-order chi connectivity index (χ0) is 10.3. The van der Waals surface area contributed by atoms with Crippen molar-refractivity contribution in [1.82, 2.24) is 0 Å². The lowest BCUT2D eigenvalue weighted by atomic mass is 9.87. The van der Waals surface area contributed by atoms with Gasteiger partial charge in [-0.15, -0.1) is 0 Å². The summed E-state index contributed by atoms with van der Waals surface area (Å²) in [5.74, 6) is 0.448. The molecule has 2 atom stereocenters. The molecular weight excluding hydrogens is 192 g/mol. The van der Waals surface area contributed by atoms with Gasteiger partial charge in [-0.05, 0) is 25.2 Å². The van der Waals surface area contributed by atoms with Crippen molar-refractivity contribution in [2.45, 2.75) is 44.3 Å². The van der Waals surface area contributed by atoms with Crippen LogP contribution >= 0.6 is 0 Å². The first kappa shape index (κ1) is 9.79. The molecule has 0 N–H and O–H groups in total. The Hall–Kier alpha value is -0.410. The van der Waals surface area contributed by atoms with E-state index < -0.39 is 5.79 Å². The fourth-order valence-electron chi connectivity index (χ4n) is 3.54. The van der Waals surface area contributed by atoms with Gasteiger partial charge in [0.1, 0.15) is 5.78 Å². The van der Waals surface area contributed by atoms with Crippen LogP contribution < -0.4 is 0 Å². The number of fused-ring (bicyclic) bond motifs is 2. The molecule has 0 bridgehead atoms. The van der Waals surface area contributed by atoms with Crippen molar-refractivity contribution in [2.24, 2.45) is 11.8 Å². The first-order valence-corrected chi connectivity index (χ1v) is 6.12. The van der Waals surface area contributed by atoms with Crippen LogP contribution in [0.3, 0.4) is 0 Å². The van der Waals surface area contributed by atoms with E-state index in [2.05, 4.69) is 0 Å². The lowest BCUT2D eigenvalue weighted by Crippen LogP contribution is -2.41. The standard InChI is InChI=1S/C12H18O3/c13-10-4-2-1-3-9-5-6-12(11(9)10)14-7-8-15-12/h9,11H,1-8H2/t9-,11+/m0/s1. The molecule has 0 aromatic heterocycles. The largest absolute Gasteiger partial charge is 0.347 e. The Kier molecular flexibility index (Phi) is 2.33. The first-order chi connectivity index (χ1) is 7.32. The van der Waals surface area contributed by atoms with Crippen molar-refractivity contribution in [3.8, 4) is 0 Å². The van der Waals surface area contributed by atoms with Gasteiger partial charge in [-0.2, -0.15) is 0 Å². The summed E-state index contributed by atoms with van der Waals surface area (Å²) in [6, 6.07) is 0. The van der Waals surface area contributed by atoms with Crippen LogP contribution in [0, 0.1) is 11.8 Å². The Morgan fingerprint density at radius 2 is 1.93 bits per heavy atom. The molecular formula is C12H18O3. The Bertz CT molecular complexity index is 268. The molecule has 3 fully saturated rings. The summed E-state index contributed by atoms with van der Waals surface area (Å²) in [4.78, 5) is 12.1. The number of carbonyl (C=O) groups is 1. The lowest BCUT2D eigenvalue weighted by molar-refractivity contribution is -0.189. The number of carbonyl (C=O) groups excluding carboxylic acids is 1. The molecule has 3 heteroatoms. The second-order valence-corrected chi connectivity index (χ2v) is 5.00. The maximum atomic E-state index is 12.1. The van der Waals surface area contributed by atoms with E-state index in [4.69, 9.17) is 9.47 Å². The van der Waals surface area contributed by atoms with Crippen LogP contribution in [0.1, 0.15) is 38.5 Å². The predicted molar refractivity (Wildman–Crippen MR) is 54.3 cm³/mol. The third kappa shape index (κ3) is 1.44. The van der Waals surface area contributed by atoms with Crippen LogP contribution in [0.25, 0.3) is 0 Å². The number of rotatable bonds is 0. The van der Waals surface area contributed by atoms with Crippen molar-refractivity contribution in [3.63, 3.8) is 0 Å². The molecule has 2 aliphatic carbocycles. The van der Waals surface area contributed by atoms with Crippen molar-refractivity contribution in [2.75, 3.05) is 13.2 Å². The second kappa shape index (κ2) is 3.56. The maximum absolute atomic E-state index is 12.1. The Morgan fingerprint density at radius 1 is 1.13 bits per heavy atom. The molecule has 1 aliphatic heterocycles. The van der Waals surface area contributed by atoms with E-state index in [0.29, 0.717) is 24.9 Å². The number of ketones is 1. The highest BCUT2D eigenvalue weighted by Crippen LogP contribution is 2.49. The Balaban J connectivity index is 1.89. The lowest BCUT2D eigenvalue weighted by Gasteiger charge is -2.29. The van der Waals surface area contributed by atoms with Crippen LogP contribution in [0.4, 0.5) is 0 Å². The molecule has 0 aromatic carbocycles. The van der Waals surface area contributed by atoms with Crippen molar-refractivity contribution >= 4 is 5.78 Å². The summed E-state index contributed by atoms with van der Waals surface area (Å²) in [6.07, 6.45) is 6.20. The molecule has 0 unspecified atom stereocenters. The monoisotopic (exact) mass is 210 g/mol. The number of hydrogen-bond donors (Lipinski definition) is 0. The number of Topliss-reactive ketones (excluding diaryl/α,β-unsaturated/α-hetero) is 1. The van der Waals surface area contributed by atoms with Crippen molar-refractivity contribution in [3.05, 3.63) is 0 Å². The van der Waals surface area contributed by atoms with E-state index >= 15 is 0 Å². The average Bonchev–Trinajstić information content (AvgIpc) is 2.78. The summed E-state index contributed by atoms with van der Waals surface area (Å²) in [5.41, 5.74) is 0. The number of ether oxygens (including phenoxy) is 2. The SMILES string of the molecule is O=C1CCCC[C@H]2CCC3(OCCO3)[C@@H]12. The summed E-state index contributed by atoms with van der Waals surface area (Å²) < 4.78 is 11.5. The minimum absolute atomic E-state index is 0.0440. The molecule has 84 valence electrons. The summed E-state index contributed by atoms with van der Waals surface area (Å²) in [6.45, 7) is 1.33. The van der Waals surface area contributed by atoms with E-state index in [1.807, 2.05) is 0 Å². The van der Waals surface area contributed by atoms with E-state index in [-0.39, 0.29) is 5.92 Å². The summed E-state index contributed by atoms with van der Waals surface area (Å²) >= 11 is 0. The van der Waals surface area contributed by atoms with E-state index in [1.165, 1.54) is 12.8 Å². The zero-order valence-corrected chi connectivity index (χ0v) is 9.04. The van der Waals surface area contributed by atoms with Gasteiger partial charge >= 0.3 is 0 Å². The molecule has 1 spiro atoms. The van der Waals surface area contributed by atoms with E-state index in [0.717, 1.165) is 25.7 Å². The molecule has 0 amide bonds. The molecule has 1 saturated heterocycles. The van der Waals surface area contributed by atoms with Crippen LogP contribution in [0.5, 0.6) is 0 Å². The normalized spacial score (nSPS) is 39.3. The van der Waals surface area contributed by atoms with Gasteiger partial charge in [0.15, 0.2) is 5.79 Å². The van der Waals surface area contributed by atoms with Crippen LogP contribution in [-0.2, 0) is 14.3 Å². The maximum Gasteiger partial charge on any atom is 0.178 e. The summed E-state index contributed by atoms with van der Waals surface area (Å²) in [5, 5.41) is 0. The molecule has 0 aromatic rings. The Labute approximate surface area is 90.1 Å². The van der Waals surface area contributed by atoms with Gasteiger partial charge in [0.05, 0.1) is 19.1 Å². The quantitative estimate of drug-likeness (QED) is 0.612. The third-order valence-corrected chi connectivity index (χ3v) is 4.18. The van der Waals surface area contributed by atoms with Gasteiger partial charge in [0, 0.05) is 12.8 Å². The Morgan fingerprint density at radius 3 is 2.73 bits per heavy atom. The topological polar surface area (TPSA) is 35.5 Å². The third-order valence-electron chi connectivity index (χ3n) is 4.18. The molecule has 3 rings (SSSR count). The molecule has 15 heavy (non-hydrogen) atoms. The molecule has 3 nitrogen and oxygen atoms in total. The zero-order valence-electron chi connectivity index (χ0n) is 9.04. The smallest absolute Gasteiger partial charge is 0.178 e. The minimum Gasteiger partial charge on any atom is -0.347 e. The fraction of sp³-hybridized carbons (Fsp3) is 0.917. The minimum atomic E-state index is -0.508. The molecule has 2 saturated carbocycles. The summed E-state index contributed by atoms with van der Waals surface area (Å²) in [7, 11) is 0. The molecule has 3 aliphatic rings. The average molecular weight is 210 g/mol. The van der Waals surface area contributed by atoms with Gasteiger partial charge in [0.25, 0.3) is 0 Å². The van der Waals surface area contributed by atoms with Gasteiger partial charge in [-0.25, -0.2) is 0 Å². The highest BCUT2D eigenvalue weighted by Gasteiger charge is 2.55. The second-order valence-electron chi connectivity index (χ2n) is 5.00. The van der Waals surface area contributed by atoms with Gasteiger partial charge in [0.2, 0.25) is 0 Å². The molecule has 0 radical (unpaired) electrons. The van der Waals surface area contributed by atoms with Crippen molar-refractivity contribution < 1.29 is 14.3 Å². The predicted octanol–water partition coefficient (Wildman–Crippen LogP) is 1.90. The van der Waals surface area contributed by atoms with E-state index in [1.54, 1.807) is 0 Å². The highest BCUT2D eigenvalue weighted by atomic mass is 16.7. The molecule has 1 heterocycles. The van der Waals surface area contributed by atoms with Gasteiger partial charge < -0.3 is 9.47 Å². The van der Waals surface area contributed by atoms with Crippen molar-refractivity contribution in [1.29, 1.82) is 0 Å². The van der Waals surface area contributed by atoms with Crippen LogP contribution in [0.2, 0.25) is 0 Å². The highest BCUT2D eigenvalue weighted by molar-refractivity contribution is 5.83. The van der Waals surface area contributed by atoms with Crippen LogP contribution in [-0.4, -0.2) is 24.8 Å². The van der Waals surface area contributed by atoms with E-state index in [9.17, 15) is 4.79 Å². The number of hydrogen-bond acceptors (Lipinski definition) is 3. The van der Waals surface area contributed by atoms with Gasteiger partial charge in [-0.1, -0.05) is 6.42 Å². The van der Waals surface area contributed by atoms with Gasteiger partial charge in [-0.3, -0.25) is 4.79 Å². The first-order valence-electron chi connectivity index (χ1n) is 6.12. The fourth-order valence-corrected chi connectivity index (χ4v) is 3.54. The van der Waals surface area contributed by atoms with Crippen LogP contribution in [0.15, 0.2) is 0 Å².